The van der Waals surface area contributed by atoms with Crippen LogP contribution < -0.4 is 5.19 Å². The number of rotatable bonds is 3. The molecule has 2 heterocycles. The van der Waals surface area contributed by atoms with Crippen molar-refractivity contribution in [3.05, 3.63) is 128 Å². The number of pyridine rings is 2. The molecule has 0 unspecified atom stereocenters. The maximum atomic E-state index is 4.60. The van der Waals surface area contributed by atoms with Gasteiger partial charge in [-0.05, 0) is 34.3 Å². The van der Waals surface area contributed by atoms with E-state index in [0.29, 0.717) is 0 Å². The Morgan fingerprint density at radius 1 is 0.595 bits per heavy atom. The Balaban J connectivity index is 0.000000208. The molecule has 6 aromatic rings. The van der Waals surface area contributed by atoms with Crippen LogP contribution in [0.3, 0.4) is 0 Å². The predicted molar refractivity (Wildman–Crippen MR) is 155 cm³/mol. The summed E-state index contributed by atoms with van der Waals surface area (Å²) in [5.74, 6) is 0. The van der Waals surface area contributed by atoms with Gasteiger partial charge in [-0.1, -0.05) is 90.2 Å². The van der Waals surface area contributed by atoms with Crippen molar-refractivity contribution in [3.8, 4) is 22.5 Å². The quantitative estimate of drug-likeness (QED) is 0.108. The molecule has 37 heavy (non-hydrogen) atoms. The van der Waals surface area contributed by atoms with Crippen molar-refractivity contribution in [1.82, 2.24) is 9.97 Å². The molecule has 4 aromatic carbocycles. The molecule has 0 fully saturated rings. The number of aromatic nitrogens is 2. The van der Waals surface area contributed by atoms with Gasteiger partial charge in [-0.3, -0.25) is 0 Å². The molecular formula is C33H28IrN2Si-2. The Morgan fingerprint density at radius 2 is 1.35 bits per heavy atom. The van der Waals surface area contributed by atoms with Gasteiger partial charge < -0.3 is 9.97 Å². The summed E-state index contributed by atoms with van der Waals surface area (Å²) in [6, 6.07) is 41.8. The van der Waals surface area contributed by atoms with E-state index in [1.54, 1.807) is 6.20 Å². The molecule has 185 valence electrons. The summed E-state index contributed by atoms with van der Waals surface area (Å²) in [5.41, 5.74) is 4.10. The van der Waals surface area contributed by atoms with Gasteiger partial charge in [-0.2, -0.15) is 0 Å². The summed E-state index contributed by atoms with van der Waals surface area (Å²) in [6.07, 6.45) is 3.72. The third-order valence-electron chi connectivity index (χ3n) is 6.23. The van der Waals surface area contributed by atoms with Gasteiger partial charge in [-0.25, -0.2) is 0 Å². The van der Waals surface area contributed by atoms with Crippen LogP contribution in [0, 0.1) is 12.1 Å². The van der Waals surface area contributed by atoms with Gasteiger partial charge >= 0.3 is 0 Å². The van der Waals surface area contributed by atoms with Gasteiger partial charge in [0, 0.05) is 32.5 Å². The first-order valence-corrected chi connectivity index (χ1v) is 15.7. The Labute approximate surface area is 233 Å². The van der Waals surface area contributed by atoms with Gasteiger partial charge in [0.2, 0.25) is 0 Å². The van der Waals surface area contributed by atoms with Gasteiger partial charge in [-0.15, -0.1) is 59.7 Å². The fourth-order valence-electron chi connectivity index (χ4n) is 4.21. The maximum absolute atomic E-state index is 4.60. The first-order valence-electron chi connectivity index (χ1n) is 12.2. The predicted octanol–water partition coefficient (Wildman–Crippen LogP) is 7.95. The third kappa shape index (κ3) is 6.29. The van der Waals surface area contributed by atoms with E-state index in [9.17, 15) is 0 Å². The number of hydrogen-bond acceptors (Lipinski definition) is 2. The minimum Gasteiger partial charge on any atom is -0.305 e. The molecule has 0 aliphatic rings. The summed E-state index contributed by atoms with van der Waals surface area (Å²) in [5, 5.41) is 6.47. The fraction of sp³-hybridized carbons (Fsp3) is 0.0909. The van der Waals surface area contributed by atoms with Crippen LogP contribution in [0.25, 0.3) is 44.1 Å². The molecular weight excluding hydrogens is 645 g/mol. The van der Waals surface area contributed by atoms with Crippen LogP contribution in [0.15, 0.2) is 116 Å². The Hall–Kier alpha value is -3.43. The number of nitrogens with zero attached hydrogens (tertiary/aromatic N) is 2. The molecule has 0 bridgehead atoms. The SMILES string of the molecule is C[Si](C)(C)c1ccnc(-c2[c-]cc3ccc4ccccc4c3c2)c1.[Ir].[c-]1ccccc1-c1ccccn1. The number of hydrogen-bond donors (Lipinski definition) is 0. The molecule has 0 saturated heterocycles. The zero-order valence-corrected chi connectivity index (χ0v) is 24.6. The summed E-state index contributed by atoms with van der Waals surface area (Å²) >= 11 is 0. The van der Waals surface area contributed by atoms with E-state index in [4.69, 9.17) is 0 Å². The largest absolute Gasteiger partial charge is 0.305 e. The molecule has 0 aliphatic carbocycles. The zero-order chi connectivity index (χ0) is 25.0. The molecule has 0 aliphatic heterocycles. The van der Waals surface area contributed by atoms with Crippen LogP contribution in [0.4, 0.5) is 0 Å². The van der Waals surface area contributed by atoms with E-state index in [0.717, 1.165) is 22.5 Å². The summed E-state index contributed by atoms with van der Waals surface area (Å²) < 4.78 is 0. The van der Waals surface area contributed by atoms with Crippen molar-refractivity contribution in [1.29, 1.82) is 0 Å². The molecule has 0 spiro atoms. The van der Waals surface area contributed by atoms with Crippen LogP contribution in [0.5, 0.6) is 0 Å². The van der Waals surface area contributed by atoms with E-state index in [1.807, 2.05) is 48.7 Å². The molecule has 2 aromatic heterocycles. The Bertz CT molecular complexity index is 1570. The van der Waals surface area contributed by atoms with E-state index >= 15 is 0 Å². The molecule has 2 nitrogen and oxygen atoms in total. The van der Waals surface area contributed by atoms with Crippen molar-refractivity contribution < 1.29 is 20.1 Å². The van der Waals surface area contributed by atoms with Crippen LogP contribution in [0.2, 0.25) is 19.6 Å². The average molecular weight is 673 g/mol. The van der Waals surface area contributed by atoms with Crippen molar-refractivity contribution in [2.75, 3.05) is 0 Å². The second-order valence-electron chi connectivity index (χ2n) is 9.81. The first-order chi connectivity index (χ1) is 17.5. The summed E-state index contributed by atoms with van der Waals surface area (Å²) in [7, 11) is -1.35. The van der Waals surface area contributed by atoms with E-state index in [-0.39, 0.29) is 20.1 Å². The maximum Gasteiger partial charge on any atom is 0.0767 e. The van der Waals surface area contributed by atoms with Gasteiger partial charge in [0.05, 0.1) is 8.07 Å². The Morgan fingerprint density at radius 3 is 2.11 bits per heavy atom. The summed E-state index contributed by atoms with van der Waals surface area (Å²) in [6.45, 7) is 7.09. The van der Waals surface area contributed by atoms with Crippen LogP contribution in [-0.2, 0) is 20.1 Å². The molecule has 0 N–H and O–H groups in total. The topological polar surface area (TPSA) is 25.8 Å². The Kier molecular flexibility index (Phi) is 8.45. The van der Waals surface area contributed by atoms with Crippen molar-refractivity contribution in [2.45, 2.75) is 19.6 Å². The van der Waals surface area contributed by atoms with Crippen LogP contribution in [0.1, 0.15) is 0 Å². The first kappa shape index (κ1) is 26.6. The number of fused-ring (bicyclic) bond motifs is 3. The second-order valence-corrected chi connectivity index (χ2v) is 14.9. The fourth-order valence-corrected chi connectivity index (χ4v) is 5.35. The third-order valence-corrected chi connectivity index (χ3v) is 8.27. The van der Waals surface area contributed by atoms with Gasteiger partial charge in [0.25, 0.3) is 0 Å². The smallest absolute Gasteiger partial charge is 0.0767 e. The zero-order valence-electron chi connectivity index (χ0n) is 21.2. The van der Waals surface area contributed by atoms with Gasteiger partial charge in [0.1, 0.15) is 0 Å². The molecule has 1 radical (unpaired) electrons. The van der Waals surface area contributed by atoms with Crippen LogP contribution >= 0.6 is 0 Å². The molecule has 0 saturated carbocycles. The minimum absolute atomic E-state index is 0. The standard InChI is InChI=1S/C22H20NSi.C11H8N.Ir/c1-24(2,3)19-12-13-23-22(15-19)18-11-10-17-9-8-16-6-4-5-7-20(16)21(17)14-18;1-2-6-10(7-3-1)11-8-4-5-9-12-11;/h4-10,12-15H,1-3H3;1-6,8-9H;/q2*-1;. The van der Waals surface area contributed by atoms with E-state index in [2.05, 4.69) is 102 Å². The van der Waals surface area contributed by atoms with E-state index in [1.165, 1.54) is 26.7 Å². The minimum atomic E-state index is -1.35. The number of benzene rings is 4. The van der Waals surface area contributed by atoms with Gasteiger partial charge in [0.15, 0.2) is 0 Å². The molecule has 4 heteroatoms. The van der Waals surface area contributed by atoms with Crippen molar-refractivity contribution in [3.63, 3.8) is 0 Å². The van der Waals surface area contributed by atoms with Crippen LogP contribution in [-0.4, -0.2) is 18.0 Å². The molecule has 6 rings (SSSR count). The van der Waals surface area contributed by atoms with E-state index < -0.39 is 8.07 Å². The molecule has 0 amide bonds. The van der Waals surface area contributed by atoms with Crippen molar-refractivity contribution in [2.24, 2.45) is 0 Å². The monoisotopic (exact) mass is 673 g/mol. The molecule has 0 atom stereocenters. The second kappa shape index (κ2) is 11.7. The normalized spacial score (nSPS) is 10.9. The summed E-state index contributed by atoms with van der Waals surface area (Å²) in [4.78, 5) is 8.82. The van der Waals surface area contributed by atoms with Crippen molar-refractivity contribution >= 4 is 34.8 Å². The average Bonchev–Trinajstić information content (AvgIpc) is 2.94.